The number of ether oxygens (including phenoxy) is 2. The molecule has 6 nitrogen and oxygen atoms in total. The zero-order valence-electron chi connectivity index (χ0n) is 15.9. The van der Waals surface area contributed by atoms with Crippen molar-refractivity contribution in [3.8, 4) is 22.9 Å². The average molecular weight is 388 g/mol. The Bertz CT molecular complexity index is 1150. The number of carboxylic acid groups (broad SMARTS) is 1. The Labute approximate surface area is 167 Å². The smallest absolute Gasteiger partial charge is 0.335 e. The molecule has 1 heterocycles. The number of carboxylic acids is 1. The van der Waals surface area contributed by atoms with Gasteiger partial charge in [0.25, 0.3) is 0 Å². The molecule has 0 radical (unpaired) electrons. The summed E-state index contributed by atoms with van der Waals surface area (Å²) in [4.78, 5) is 18.8. The number of aromatic carboxylic acids is 1. The predicted molar refractivity (Wildman–Crippen MR) is 111 cm³/mol. The van der Waals surface area contributed by atoms with E-state index in [-0.39, 0.29) is 5.56 Å². The molecule has 29 heavy (non-hydrogen) atoms. The molecule has 0 aliphatic heterocycles. The van der Waals surface area contributed by atoms with Crippen LogP contribution in [-0.2, 0) is 6.42 Å². The van der Waals surface area contributed by atoms with E-state index in [0.29, 0.717) is 17.9 Å². The van der Waals surface area contributed by atoms with Crippen molar-refractivity contribution in [1.82, 2.24) is 9.97 Å². The largest absolute Gasteiger partial charge is 0.497 e. The molecular weight excluding hydrogens is 368 g/mol. The molecule has 0 aliphatic carbocycles. The topological polar surface area (TPSA) is 84.4 Å². The van der Waals surface area contributed by atoms with Gasteiger partial charge in [-0.2, -0.15) is 0 Å². The van der Waals surface area contributed by atoms with Crippen molar-refractivity contribution in [3.05, 3.63) is 77.9 Å². The normalized spacial score (nSPS) is 10.8. The number of nitrogens with zero attached hydrogens (tertiary/aromatic N) is 1. The summed E-state index contributed by atoms with van der Waals surface area (Å²) in [6.07, 6.45) is 0.786. The van der Waals surface area contributed by atoms with E-state index < -0.39 is 5.97 Å². The first kappa shape index (κ1) is 18.6. The molecule has 0 unspecified atom stereocenters. The quantitative estimate of drug-likeness (QED) is 0.485. The molecule has 146 valence electrons. The summed E-state index contributed by atoms with van der Waals surface area (Å²) in [6, 6.07) is 20.4. The van der Waals surface area contributed by atoms with Crippen LogP contribution in [0.5, 0.6) is 11.5 Å². The summed E-state index contributed by atoms with van der Waals surface area (Å²) in [5.74, 6) is 1.35. The fraction of sp³-hybridized carbons (Fsp3) is 0.130. The summed E-state index contributed by atoms with van der Waals surface area (Å²) in [7, 11) is 1.66. The van der Waals surface area contributed by atoms with E-state index in [2.05, 4.69) is 9.97 Å². The number of rotatable bonds is 7. The number of aromatic amines is 1. The standard InChI is InChI=1S/C23H20N2O4/c1-28-19-4-2-3-15(13-19)11-12-29-18-8-5-16(6-9-18)22-24-20-10-7-17(23(26)27)14-21(20)25-22/h2-10,13-14H,11-12H2,1H3,(H,24,25)(H,26,27). The lowest BCUT2D eigenvalue weighted by molar-refractivity contribution is 0.0697. The average Bonchev–Trinajstić information content (AvgIpc) is 3.18. The molecule has 3 aromatic carbocycles. The van der Waals surface area contributed by atoms with E-state index in [1.54, 1.807) is 25.3 Å². The number of imidazole rings is 1. The molecule has 4 aromatic rings. The van der Waals surface area contributed by atoms with E-state index in [1.807, 2.05) is 48.5 Å². The lowest BCUT2D eigenvalue weighted by atomic mass is 10.1. The van der Waals surface area contributed by atoms with Gasteiger partial charge in [0.2, 0.25) is 0 Å². The van der Waals surface area contributed by atoms with Gasteiger partial charge < -0.3 is 19.6 Å². The zero-order valence-corrected chi connectivity index (χ0v) is 15.9. The van der Waals surface area contributed by atoms with Crippen molar-refractivity contribution in [2.75, 3.05) is 13.7 Å². The molecule has 4 rings (SSSR count). The Morgan fingerprint density at radius 1 is 1.03 bits per heavy atom. The molecule has 1 aromatic heterocycles. The molecule has 0 fully saturated rings. The SMILES string of the molecule is COc1cccc(CCOc2ccc(-c3nc4ccc(C(=O)O)cc4[nH]3)cc2)c1. The molecule has 0 bridgehead atoms. The molecule has 0 saturated heterocycles. The molecule has 2 N–H and O–H groups in total. The highest BCUT2D eigenvalue weighted by molar-refractivity contribution is 5.93. The van der Waals surface area contributed by atoms with Gasteiger partial charge in [0.05, 0.1) is 30.3 Å². The van der Waals surface area contributed by atoms with E-state index in [1.165, 1.54) is 0 Å². The van der Waals surface area contributed by atoms with E-state index in [4.69, 9.17) is 14.6 Å². The van der Waals surface area contributed by atoms with Crippen molar-refractivity contribution in [2.24, 2.45) is 0 Å². The minimum absolute atomic E-state index is 0.229. The van der Waals surface area contributed by atoms with Gasteiger partial charge in [-0.3, -0.25) is 0 Å². The molecule has 0 spiro atoms. The summed E-state index contributed by atoms with van der Waals surface area (Å²) < 4.78 is 11.1. The van der Waals surface area contributed by atoms with Gasteiger partial charge in [-0.15, -0.1) is 0 Å². The van der Waals surface area contributed by atoms with Gasteiger partial charge >= 0.3 is 5.97 Å². The summed E-state index contributed by atoms with van der Waals surface area (Å²) >= 11 is 0. The summed E-state index contributed by atoms with van der Waals surface area (Å²) in [6.45, 7) is 0.565. The van der Waals surface area contributed by atoms with Gasteiger partial charge in [-0.05, 0) is 60.2 Å². The van der Waals surface area contributed by atoms with Gasteiger partial charge in [0.1, 0.15) is 17.3 Å². The molecule has 0 saturated carbocycles. The van der Waals surface area contributed by atoms with Gasteiger partial charge in [0, 0.05) is 12.0 Å². The van der Waals surface area contributed by atoms with Crippen LogP contribution in [0.3, 0.4) is 0 Å². The highest BCUT2D eigenvalue weighted by Crippen LogP contribution is 2.24. The third kappa shape index (κ3) is 4.21. The van der Waals surface area contributed by atoms with Crippen molar-refractivity contribution in [1.29, 1.82) is 0 Å². The van der Waals surface area contributed by atoms with Crippen LogP contribution in [0, 0.1) is 0 Å². The number of benzene rings is 3. The van der Waals surface area contributed by atoms with Crippen LogP contribution in [0.1, 0.15) is 15.9 Å². The molecule has 0 aliphatic rings. The Morgan fingerprint density at radius 2 is 1.86 bits per heavy atom. The number of hydrogen-bond donors (Lipinski definition) is 2. The van der Waals surface area contributed by atoms with Crippen LogP contribution in [0.4, 0.5) is 0 Å². The molecule has 0 atom stereocenters. The first-order valence-corrected chi connectivity index (χ1v) is 9.21. The van der Waals surface area contributed by atoms with Crippen molar-refractivity contribution < 1.29 is 19.4 Å². The third-order valence-electron chi connectivity index (χ3n) is 4.65. The van der Waals surface area contributed by atoms with Crippen molar-refractivity contribution in [2.45, 2.75) is 6.42 Å². The summed E-state index contributed by atoms with van der Waals surface area (Å²) in [5.41, 5.74) is 3.71. The molecule has 6 heteroatoms. The number of hydrogen-bond acceptors (Lipinski definition) is 4. The lowest BCUT2D eigenvalue weighted by Gasteiger charge is -2.08. The molecular formula is C23H20N2O4. The van der Waals surface area contributed by atoms with Crippen LogP contribution in [0.15, 0.2) is 66.7 Å². The Hall–Kier alpha value is -3.80. The van der Waals surface area contributed by atoms with E-state index in [9.17, 15) is 4.79 Å². The Kier molecular flexibility index (Phi) is 5.16. The Balaban J connectivity index is 1.42. The van der Waals surface area contributed by atoms with Crippen LogP contribution >= 0.6 is 0 Å². The van der Waals surface area contributed by atoms with Crippen LogP contribution in [0.2, 0.25) is 0 Å². The van der Waals surface area contributed by atoms with Crippen molar-refractivity contribution in [3.63, 3.8) is 0 Å². The minimum Gasteiger partial charge on any atom is -0.497 e. The first-order valence-electron chi connectivity index (χ1n) is 9.21. The highest BCUT2D eigenvalue weighted by Gasteiger charge is 2.09. The fourth-order valence-corrected chi connectivity index (χ4v) is 3.10. The van der Waals surface area contributed by atoms with E-state index in [0.717, 1.165) is 34.6 Å². The number of aromatic nitrogens is 2. The van der Waals surface area contributed by atoms with Gasteiger partial charge in [-0.25, -0.2) is 9.78 Å². The monoisotopic (exact) mass is 388 g/mol. The number of fused-ring (bicyclic) bond motifs is 1. The lowest BCUT2D eigenvalue weighted by Crippen LogP contribution is -2.01. The maximum absolute atomic E-state index is 11.1. The van der Waals surface area contributed by atoms with Gasteiger partial charge in [0.15, 0.2) is 0 Å². The minimum atomic E-state index is -0.960. The fourth-order valence-electron chi connectivity index (χ4n) is 3.10. The maximum Gasteiger partial charge on any atom is 0.335 e. The zero-order chi connectivity index (χ0) is 20.2. The number of carbonyl (C=O) groups is 1. The number of H-pyrrole nitrogens is 1. The molecule has 0 amide bonds. The third-order valence-corrected chi connectivity index (χ3v) is 4.65. The van der Waals surface area contributed by atoms with Gasteiger partial charge in [-0.1, -0.05) is 12.1 Å². The van der Waals surface area contributed by atoms with Crippen molar-refractivity contribution >= 4 is 17.0 Å². The van der Waals surface area contributed by atoms with Crippen LogP contribution in [0.25, 0.3) is 22.4 Å². The number of nitrogens with one attached hydrogen (secondary N) is 1. The van der Waals surface area contributed by atoms with Crippen LogP contribution < -0.4 is 9.47 Å². The predicted octanol–water partition coefficient (Wildman–Crippen LogP) is 4.56. The Morgan fingerprint density at radius 3 is 2.62 bits per heavy atom. The van der Waals surface area contributed by atoms with E-state index >= 15 is 0 Å². The maximum atomic E-state index is 11.1. The second-order valence-electron chi connectivity index (χ2n) is 6.60. The second-order valence-corrected chi connectivity index (χ2v) is 6.60. The number of methoxy groups -OCH3 is 1. The highest BCUT2D eigenvalue weighted by atomic mass is 16.5. The summed E-state index contributed by atoms with van der Waals surface area (Å²) in [5, 5.41) is 9.11. The second kappa shape index (κ2) is 8.06. The first-order chi connectivity index (χ1) is 14.1. The van der Waals surface area contributed by atoms with Crippen LogP contribution in [-0.4, -0.2) is 34.8 Å².